The van der Waals surface area contributed by atoms with Gasteiger partial charge in [-0.1, -0.05) is 290 Å². The second kappa shape index (κ2) is 68.3. The average Bonchev–Trinajstić information content (AvgIpc) is 3.47. The monoisotopic (exact) mass is 1120 g/mol. The molecule has 6 nitrogen and oxygen atoms in total. The summed E-state index contributed by atoms with van der Waals surface area (Å²) in [5.41, 5.74) is 0. The summed E-state index contributed by atoms with van der Waals surface area (Å²) in [6, 6.07) is 0. The van der Waals surface area contributed by atoms with Crippen LogP contribution in [-0.2, 0) is 28.6 Å². The van der Waals surface area contributed by atoms with Gasteiger partial charge in [0.1, 0.15) is 13.2 Å². The summed E-state index contributed by atoms with van der Waals surface area (Å²) in [6.45, 7) is 6.40. The summed E-state index contributed by atoms with van der Waals surface area (Å²) in [5, 5.41) is 0. The molecule has 0 aromatic heterocycles. The van der Waals surface area contributed by atoms with Crippen LogP contribution in [0, 0.1) is 0 Å². The number of hydrogen-bond acceptors (Lipinski definition) is 6. The van der Waals surface area contributed by atoms with Crippen molar-refractivity contribution < 1.29 is 28.6 Å². The zero-order valence-electron chi connectivity index (χ0n) is 53.0. The normalized spacial score (nSPS) is 12.9. The van der Waals surface area contributed by atoms with Crippen molar-refractivity contribution in [2.24, 2.45) is 0 Å². The lowest BCUT2D eigenvalue weighted by atomic mass is 10.0. The van der Waals surface area contributed by atoms with Crippen molar-refractivity contribution in [3.63, 3.8) is 0 Å². The van der Waals surface area contributed by atoms with E-state index in [1.807, 2.05) is 0 Å². The van der Waals surface area contributed by atoms with Crippen LogP contribution < -0.4 is 0 Å². The predicted octanol–water partition coefficient (Wildman–Crippen LogP) is 23.6. The molecule has 462 valence electrons. The molecule has 0 spiro atoms. The Morgan fingerprint density at radius 3 is 0.790 bits per heavy atom. The highest BCUT2D eigenvalue weighted by Gasteiger charge is 2.19. The van der Waals surface area contributed by atoms with E-state index in [0.29, 0.717) is 19.3 Å². The molecule has 0 saturated carbocycles. The minimum atomic E-state index is -0.803. The van der Waals surface area contributed by atoms with E-state index < -0.39 is 6.10 Å². The lowest BCUT2D eigenvalue weighted by Crippen LogP contribution is -2.30. The molecule has 0 heterocycles. The fraction of sp³-hybridized carbons (Fsp3) is 0.693. The van der Waals surface area contributed by atoms with Gasteiger partial charge in [0.05, 0.1) is 0 Å². The van der Waals surface area contributed by atoms with Crippen LogP contribution in [0.1, 0.15) is 316 Å². The Balaban J connectivity index is 4.39. The first kappa shape index (κ1) is 76.8. The summed E-state index contributed by atoms with van der Waals surface area (Å²) in [6.07, 6.45) is 95.0. The highest BCUT2D eigenvalue weighted by Crippen LogP contribution is 2.16. The molecular formula is C75H126O6. The molecular weight excluding hydrogens is 997 g/mol. The van der Waals surface area contributed by atoms with E-state index in [9.17, 15) is 14.4 Å². The van der Waals surface area contributed by atoms with Gasteiger partial charge in [0.2, 0.25) is 0 Å². The van der Waals surface area contributed by atoms with Crippen molar-refractivity contribution in [1.29, 1.82) is 0 Å². The van der Waals surface area contributed by atoms with E-state index in [2.05, 4.69) is 142 Å². The molecule has 81 heavy (non-hydrogen) atoms. The molecule has 0 saturated heterocycles. The van der Waals surface area contributed by atoms with Gasteiger partial charge in [-0.2, -0.15) is 0 Å². The molecule has 0 aliphatic heterocycles. The van der Waals surface area contributed by atoms with Gasteiger partial charge in [0.25, 0.3) is 0 Å². The van der Waals surface area contributed by atoms with E-state index in [4.69, 9.17) is 14.2 Å². The minimum Gasteiger partial charge on any atom is -0.462 e. The van der Waals surface area contributed by atoms with Crippen molar-refractivity contribution in [1.82, 2.24) is 0 Å². The number of esters is 3. The lowest BCUT2D eigenvalue weighted by molar-refractivity contribution is -0.167. The van der Waals surface area contributed by atoms with Crippen LogP contribution in [-0.4, -0.2) is 37.2 Å². The third kappa shape index (κ3) is 66.5. The minimum absolute atomic E-state index is 0.0960. The Morgan fingerprint density at radius 2 is 0.481 bits per heavy atom. The zero-order chi connectivity index (χ0) is 58.5. The number of ether oxygens (including phenoxy) is 3. The second-order valence-electron chi connectivity index (χ2n) is 22.3. The van der Waals surface area contributed by atoms with Crippen LogP contribution in [0.5, 0.6) is 0 Å². The molecule has 0 bridgehead atoms. The summed E-state index contributed by atoms with van der Waals surface area (Å²) in [7, 11) is 0. The molecule has 0 aromatic carbocycles. The quantitative estimate of drug-likeness (QED) is 0.0261. The fourth-order valence-corrected chi connectivity index (χ4v) is 9.40. The van der Waals surface area contributed by atoms with Crippen molar-refractivity contribution in [2.45, 2.75) is 322 Å². The van der Waals surface area contributed by atoms with Gasteiger partial charge < -0.3 is 14.2 Å². The van der Waals surface area contributed by atoms with Crippen molar-refractivity contribution in [2.75, 3.05) is 13.2 Å². The Bertz CT molecular complexity index is 1670. The van der Waals surface area contributed by atoms with Crippen LogP contribution in [0.25, 0.3) is 0 Å². The van der Waals surface area contributed by atoms with E-state index in [-0.39, 0.29) is 31.1 Å². The molecule has 1 atom stereocenters. The first-order valence-electron chi connectivity index (χ1n) is 34.0. The third-order valence-electron chi connectivity index (χ3n) is 14.4. The molecule has 0 radical (unpaired) electrons. The van der Waals surface area contributed by atoms with Gasteiger partial charge in [-0.25, -0.2) is 0 Å². The van der Waals surface area contributed by atoms with Gasteiger partial charge in [-0.3, -0.25) is 14.4 Å². The molecule has 0 aliphatic rings. The highest BCUT2D eigenvalue weighted by atomic mass is 16.6. The molecule has 0 rings (SSSR count). The van der Waals surface area contributed by atoms with Crippen molar-refractivity contribution in [3.05, 3.63) is 122 Å². The van der Waals surface area contributed by atoms with Crippen LogP contribution in [0.4, 0.5) is 0 Å². The maximum Gasteiger partial charge on any atom is 0.306 e. The summed E-state index contributed by atoms with van der Waals surface area (Å²) >= 11 is 0. The Hall–Kier alpha value is -4.19. The van der Waals surface area contributed by atoms with Crippen LogP contribution >= 0.6 is 0 Å². The highest BCUT2D eigenvalue weighted by molar-refractivity contribution is 5.71. The number of rotatable bonds is 61. The maximum atomic E-state index is 13.0. The third-order valence-corrected chi connectivity index (χ3v) is 14.4. The van der Waals surface area contributed by atoms with Gasteiger partial charge >= 0.3 is 17.9 Å². The van der Waals surface area contributed by atoms with Crippen LogP contribution in [0.2, 0.25) is 0 Å². The number of carbonyl (C=O) groups is 3. The van der Waals surface area contributed by atoms with Crippen molar-refractivity contribution in [3.8, 4) is 0 Å². The van der Waals surface area contributed by atoms with E-state index in [1.165, 1.54) is 154 Å². The molecule has 0 fully saturated rings. The average molecular weight is 1120 g/mol. The molecule has 0 aliphatic carbocycles. The van der Waals surface area contributed by atoms with E-state index in [0.717, 1.165) is 122 Å². The summed E-state index contributed by atoms with van der Waals surface area (Å²) in [5.74, 6) is -0.937. The topological polar surface area (TPSA) is 78.9 Å². The molecule has 0 amide bonds. The zero-order valence-corrected chi connectivity index (χ0v) is 53.0. The number of hydrogen-bond donors (Lipinski definition) is 0. The number of unbranched alkanes of at least 4 members (excludes halogenated alkanes) is 30. The standard InChI is InChI=1S/C75H126O6/c1-4-7-10-13-16-19-22-25-28-30-32-34-36-37-39-40-42-44-47-50-53-56-59-62-65-68-74(77)80-71-72(70-79-73(76)67-64-61-58-55-52-49-46-27-24-21-18-15-12-9-6-3)81-75(78)69-66-63-60-57-54-51-48-45-43-41-38-35-33-31-29-26-23-20-17-14-11-8-5-2/h7,9-10,12,16,18-19,21,25,27-28,31-34,37,39,46,52,55,72H,4-6,8,11,13-15,17,20,22-24,26,29-30,35-36,38,40-45,47-51,53-54,56-71H2,1-3H3/b10-7-,12-9-,19-16-,21-18-,28-25-,33-31-,34-32-,39-37-,46-27-,55-52-. The number of allylic oxidation sites excluding steroid dienone is 20. The predicted molar refractivity (Wildman–Crippen MR) is 353 cm³/mol. The van der Waals surface area contributed by atoms with Crippen molar-refractivity contribution >= 4 is 17.9 Å². The second-order valence-corrected chi connectivity index (χ2v) is 22.3. The summed E-state index contributed by atoms with van der Waals surface area (Å²) in [4.78, 5) is 38.4. The van der Waals surface area contributed by atoms with Crippen LogP contribution in [0.3, 0.4) is 0 Å². The van der Waals surface area contributed by atoms with Gasteiger partial charge in [0, 0.05) is 19.3 Å². The Kier molecular flexibility index (Phi) is 64.8. The largest absolute Gasteiger partial charge is 0.462 e. The molecule has 1 unspecified atom stereocenters. The van der Waals surface area contributed by atoms with E-state index in [1.54, 1.807) is 0 Å². The Labute approximate surface area is 501 Å². The smallest absolute Gasteiger partial charge is 0.306 e. The molecule has 6 heteroatoms. The number of carbonyl (C=O) groups excluding carboxylic acids is 3. The fourth-order valence-electron chi connectivity index (χ4n) is 9.40. The SMILES string of the molecule is CC/C=C\C/C=C\C/C=C\C/C=C\C/C=C\CCCCCCCCCCCC(=O)OCC(COC(=O)CCCC/C=C\C/C=C\C/C=C\C/C=C\CC)OC(=O)CCCCCCCCCCCCC/C=C\CCCCCCCCCC. The first-order chi connectivity index (χ1) is 40.0. The van der Waals surface area contributed by atoms with Gasteiger partial charge in [-0.05, 0) is 128 Å². The molecule has 0 aromatic rings. The maximum absolute atomic E-state index is 13.0. The molecule has 0 N–H and O–H groups in total. The lowest BCUT2D eigenvalue weighted by Gasteiger charge is -2.18. The summed E-state index contributed by atoms with van der Waals surface area (Å²) < 4.78 is 16.9. The van der Waals surface area contributed by atoms with Gasteiger partial charge in [0.15, 0.2) is 6.10 Å². The first-order valence-corrected chi connectivity index (χ1v) is 34.0. The van der Waals surface area contributed by atoms with Crippen LogP contribution in [0.15, 0.2) is 122 Å². The van der Waals surface area contributed by atoms with E-state index >= 15 is 0 Å². The van der Waals surface area contributed by atoms with Gasteiger partial charge in [-0.15, -0.1) is 0 Å². The Morgan fingerprint density at radius 1 is 0.259 bits per heavy atom.